The highest BCUT2D eigenvalue weighted by atomic mass is 35.5. The summed E-state index contributed by atoms with van der Waals surface area (Å²) in [6.45, 7) is 7.74. The lowest BCUT2D eigenvalue weighted by Gasteiger charge is -2.28. The van der Waals surface area contributed by atoms with Crippen LogP contribution in [0.3, 0.4) is 0 Å². The van der Waals surface area contributed by atoms with Crippen molar-refractivity contribution in [3.63, 3.8) is 0 Å². The van der Waals surface area contributed by atoms with Gasteiger partial charge in [0.2, 0.25) is 5.79 Å². The van der Waals surface area contributed by atoms with Gasteiger partial charge in [-0.1, -0.05) is 49.2 Å². The minimum atomic E-state index is -2.19. The first kappa shape index (κ1) is 28.0. The molecule has 0 spiro atoms. The molecule has 9 heteroatoms. The largest absolute Gasteiger partial charge is 0.491 e. The average Bonchev–Trinajstić information content (AvgIpc) is 2.75. The van der Waals surface area contributed by atoms with Crippen molar-refractivity contribution in [1.82, 2.24) is 0 Å². The fraction of sp³-hybridized carbons (Fsp3) is 0.500. The molecule has 184 valence electrons. The number of aliphatic hydroxyl groups is 3. The van der Waals surface area contributed by atoms with Crippen LogP contribution in [0, 0.1) is 0 Å². The summed E-state index contributed by atoms with van der Waals surface area (Å²) in [6, 6.07) is 11.0. The van der Waals surface area contributed by atoms with Crippen molar-refractivity contribution in [2.45, 2.75) is 51.1 Å². The van der Waals surface area contributed by atoms with E-state index in [-0.39, 0.29) is 35.1 Å². The van der Waals surface area contributed by atoms with Gasteiger partial charge in [-0.2, -0.15) is 0 Å². The fourth-order valence-electron chi connectivity index (χ4n) is 2.96. The third-order valence-corrected chi connectivity index (χ3v) is 6.01. The zero-order chi connectivity index (χ0) is 24.8. The summed E-state index contributed by atoms with van der Waals surface area (Å²) < 4.78 is 16.4. The molecule has 0 saturated heterocycles. The first-order valence-electron chi connectivity index (χ1n) is 10.5. The van der Waals surface area contributed by atoms with E-state index < -0.39 is 29.8 Å². The highest BCUT2D eigenvalue weighted by molar-refractivity contribution is 6.37. The Hall–Kier alpha value is -1.25. The average molecular weight is 522 g/mol. The fourth-order valence-corrected chi connectivity index (χ4v) is 3.64. The van der Waals surface area contributed by atoms with E-state index in [9.17, 15) is 15.3 Å². The number of halogens is 3. The molecule has 0 bridgehead atoms. The molecule has 0 fully saturated rings. The Morgan fingerprint density at radius 2 is 1.48 bits per heavy atom. The van der Waals surface area contributed by atoms with Gasteiger partial charge in [0.15, 0.2) is 5.75 Å². The number of hydrogen-bond acceptors (Lipinski definition) is 6. The Kier molecular flexibility index (Phi) is 10.1. The van der Waals surface area contributed by atoms with Gasteiger partial charge in [-0.05, 0) is 49.2 Å². The standard InChI is InChI=1S/C24H31Cl3O6/c1-15(2)31-11-18(28)12-32-19-7-5-16(6-8-19)23(3,4)17-9-20(26)22(21(27)10-17)33-14-24(29,30)13-25/h5-10,15,18,28-30H,11-14H2,1-4H3/t18-/m1/s1. The molecule has 0 aliphatic carbocycles. The molecule has 2 aromatic carbocycles. The Labute approximate surface area is 210 Å². The van der Waals surface area contributed by atoms with Crippen molar-refractivity contribution in [1.29, 1.82) is 0 Å². The zero-order valence-electron chi connectivity index (χ0n) is 19.1. The van der Waals surface area contributed by atoms with Crippen molar-refractivity contribution >= 4 is 34.8 Å². The van der Waals surface area contributed by atoms with Crippen LogP contribution in [0.15, 0.2) is 36.4 Å². The lowest BCUT2D eigenvalue weighted by molar-refractivity contribution is -0.162. The molecular weight excluding hydrogens is 491 g/mol. The second-order valence-electron chi connectivity index (χ2n) is 8.67. The molecule has 0 amide bonds. The summed E-state index contributed by atoms with van der Waals surface area (Å²) in [6.07, 6.45) is -0.660. The Balaban J connectivity index is 2.11. The maximum atomic E-state index is 9.94. The van der Waals surface area contributed by atoms with E-state index in [1.54, 1.807) is 12.1 Å². The van der Waals surface area contributed by atoms with Crippen LogP contribution < -0.4 is 9.47 Å². The van der Waals surface area contributed by atoms with Crippen LogP contribution in [-0.4, -0.2) is 59.0 Å². The molecule has 2 aromatic rings. The lowest BCUT2D eigenvalue weighted by Crippen LogP contribution is -2.37. The van der Waals surface area contributed by atoms with Crippen LogP contribution in [-0.2, 0) is 10.2 Å². The van der Waals surface area contributed by atoms with Crippen molar-refractivity contribution in [3.05, 3.63) is 57.6 Å². The summed E-state index contributed by atoms with van der Waals surface area (Å²) in [5.41, 5.74) is 1.38. The molecule has 0 aromatic heterocycles. The van der Waals surface area contributed by atoms with Crippen LogP contribution in [0.4, 0.5) is 0 Å². The van der Waals surface area contributed by atoms with E-state index in [2.05, 4.69) is 0 Å². The number of hydrogen-bond donors (Lipinski definition) is 3. The van der Waals surface area contributed by atoms with Crippen LogP contribution in [0.5, 0.6) is 11.5 Å². The summed E-state index contributed by atoms with van der Waals surface area (Å²) in [5.74, 6) is -1.82. The topological polar surface area (TPSA) is 88.4 Å². The third kappa shape index (κ3) is 8.18. The Morgan fingerprint density at radius 1 is 0.909 bits per heavy atom. The van der Waals surface area contributed by atoms with Crippen molar-refractivity contribution in [3.8, 4) is 11.5 Å². The van der Waals surface area contributed by atoms with Gasteiger partial charge >= 0.3 is 0 Å². The predicted octanol–water partition coefficient (Wildman–Crippen LogP) is 4.78. The second kappa shape index (κ2) is 11.9. The number of benzene rings is 2. The van der Waals surface area contributed by atoms with E-state index in [0.29, 0.717) is 5.75 Å². The van der Waals surface area contributed by atoms with Crippen molar-refractivity contribution in [2.75, 3.05) is 25.7 Å². The molecule has 1 atom stereocenters. The molecule has 0 unspecified atom stereocenters. The Morgan fingerprint density at radius 3 is 2.00 bits per heavy atom. The summed E-state index contributed by atoms with van der Waals surface area (Å²) in [5, 5.41) is 29.7. The van der Waals surface area contributed by atoms with E-state index in [4.69, 9.17) is 49.0 Å². The van der Waals surface area contributed by atoms with E-state index in [0.717, 1.165) is 11.1 Å². The molecule has 0 heterocycles. The van der Waals surface area contributed by atoms with Crippen LogP contribution in [0.1, 0.15) is 38.8 Å². The predicted molar refractivity (Wildman–Crippen MR) is 131 cm³/mol. The molecule has 0 aliphatic heterocycles. The van der Waals surface area contributed by atoms with Gasteiger partial charge in [0.05, 0.1) is 28.6 Å². The smallest absolute Gasteiger partial charge is 0.211 e. The van der Waals surface area contributed by atoms with Gasteiger partial charge in [0.1, 0.15) is 25.1 Å². The molecule has 33 heavy (non-hydrogen) atoms. The molecule has 6 nitrogen and oxygen atoms in total. The normalized spacial score (nSPS) is 13.3. The van der Waals surface area contributed by atoms with Gasteiger partial charge < -0.3 is 29.5 Å². The van der Waals surface area contributed by atoms with Crippen LogP contribution in [0.2, 0.25) is 10.0 Å². The maximum Gasteiger partial charge on any atom is 0.211 e. The molecule has 2 rings (SSSR count). The SMILES string of the molecule is CC(C)OC[C@@H](O)COc1ccc(C(C)(C)c2cc(Cl)c(OCC(O)(O)CCl)c(Cl)c2)cc1. The number of rotatable bonds is 12. The maximum absolute atomic E-state index is 9.94. The molecule has 3 N–H and O–H groups in total. The summed E-state index contributed by atoms with van der Waals surface area (Å²) in [4.78, 5) is 0. The summed E-state index contributed by atoms with van der Waals surface area (Å²) in [7, 11) is 0. The van der Waals surface area contributed by atoms with E-state index in [1.165, 1.54) is 0 Å². The number of aliphatic hydroxyl groups excluding tert-OH is 1. The summed E-state index contributed by atoms with van der Waals surface area (Å²) >= 11 is 18.3. The quantitative estimate of drug-likeness (QED) is 0.275. The lowest BCUT2D eigenvalue weighted by atomic mass is 9.78. The minimum Gasteiger partial charge on any atom is -0.491 e. The van der Waals surface area contributed by atoms with Crippen LogP contribution >= 0.6 is 34.8 Å². The van der Waals surface area contributed by atoms with E-state index in [1.807, 2.05) is 52.0 Å². The number of alkyl halides is 1. The monoisotopic (exact) mass is 520 g/mol. The highest BCUT2D eigenvalue weighted by Gasteiger charge is 2.27. The van der Waals surface area contributed by atoms with Crippen molar-refractivity contribution in [2.24, 2.45) is 0 Å². The van der Waals surface area contributed by atoms with Crippen LogP contribution in [0.25, 0.3) is 0 Å². The third-order valence-electron chi connectivity index (χ3n) is 5.02. The Bertz CT molecular complexity index is 877. The molecule has 0 aliphatic rings. The van der Waals surface area contributed by atoms with Crippen molar-refractivity contribution < 1.29 is 29.5 Å². The molecule has 0 saturated carbocycles. The van der Waals surface area contributed by atoms with E-state index >= 15 is 0 Å². The minimum absolute atomic E-state index is 0.0485. The van der Waals surface area contributed by atoms with Gasteiger partial charge in [-0.25, -0.2) is 0 Å². The highest BCUT2D eigenvalue weighted by Crippen LogP contribution is 2.41. The van der Waals surface area contributed by atoms with Gasteiger partial charge in [-0.3, -0.25) is 0 Å². The van der Waals surface area contributed by atoms with Gasteiger partial charge in [0.25, 0.3) is 0 Å². The zero-order valence-corrected chi connectivity index (χ0v) is 21.4. The molecule has 0 radical (unpaired) electrons. The first-order valence-corrected chi connectivity index (χ1v) is 11.8. The first-order chi connectivity index (χ1) is 15.4. The number of ether oxygens (including phenoxy) is 3. The van der Waals surface area contributed by atoms with Gasteiger partial charge in [-0.15, -0.1) is 11.6 Å². The second-order valence-corrected chi connectivity index (χ2v) is 9.75. The molecular formula is C24H31Cl3O6. The van der Waals surface area contributed by atoms with Gasteiger partial charge in [0, 0.05) is 5.41 Å².